The summed E-state index contributed by atoms with van der Waals surface area (Å²) in [4.78, 5) is 0. The summed E-state index contributed by atoms with van der Waals surface area (Å²) in [6, 6.07) is 1.95. The van der Waals surface area contributed by atoms with Crippen LogP contribution < -0.4 is 5.43 Å². The maximum absolute atomic E-state index is 7.94. The summed E-state index contributed by atoms with van der Waals surface area (Å²) in [5.74, 6) is 0. The van der Waals surface area contributed by atoms with Gasteiger partial charge in [-0.15, -0.1) is 0 Å². The second-order valence-corrected chi connectivity index (χ2v) is 0.974. The van der Waals surface area contributed by atoms with E-state index < -0.39 is 0 Å². The number of rotatable bonds is 3. The standard InChI is InChI=1S/C4H7N3/c1-6-7-4-2-3-5/h7H,1-2,4H2. The van der Waals surface area contributed by atoms with Crippen LogP contribution in [-0.4, -0.2) is 13.3 Å². The van der Waals surface area contributed by atoms with Gasteiger partial charge in [-0.1, -0.05) is 0 Å². The lowest BCUT2D eigenvalue weighted by Crippen LogP contribution is -2.04. The predicted molar refractivity (Wildman–Crippen MR) is 27.8 cm³/mol. The van der Waals surface area contributed by atoms with E-state index in [0.29, 0.717) is 13.0 Å². The van der Waals surface area contributed by atoms with Crippen LogP contribution in [-0.2, 0) is 0 Å². The van der Waals surface area contributed by atoms with Crippen LogP contribution in [0, 0.1) is 11.3 Å². The molecule has 0 radical (unpaired) electrons. The lowest BCUT2D eigenvalue weighted by Gasteiger charge is -1.87. The van der Waals surface area contributed by atoms with E-state index >= 15 is 0 Å². The first-order valence-electron chi connectivity index (χ1n) is 1.97. The molecule has 0 aliphatic heterocycles. The van der Waals surface area contributed by atoms with Crippen molar-refractivity contribution in [1.29, 1.82) is 5.26 Å². The Kier molecular flexibility index (Phi) is 4.22. The molecule has 3 heteroatoms. The normalized spacial score (nSPS) is 6.71. The van der Waals surface area contributed by atoms with Gasteiger partial charge in [0.25, 0.3) is 0 Å². The zero-order chi connectivity index (χ0) is 5.54. The second kappa shape index (κ2) is 4.96. The minimum atomic E-state index is 0.485. The molecule has 3 nitrogen and oxygen atoms in total. The van der Waals surface area contributed by atoms with Crippen molar-refractivity contribution in [3.63, 3.8) is 0 Å². The lowest BCUT2D eigenvalue weighted by atomic mass is 10.5. The summed E-state index contributed by atoms with van der Waals surface area (Å²) < 4.78 is 0. The summed E-state index contributed by atoms with van der Waals surface area (Å²) in [5, 5.41) is 11.3. The van der Waals surface area contributed by atoms with Gasteiger partial charge in [0.2, 0.25) is 0 Å². The molecule has 0 aromatic heterocycles. The molecule has 0 aliphatic rings. The summed E-state index contributed by atoms with van der Waals surface area (Å²) in [6.07, 6.45) is 0.485. The van der Waals surface area contributed by atoms with Crippen LogP contribution >= 0.6 is 0 Å². The topological polar surface area (TPSA) is 48.2 Å². The highest BCUT2D eigenvalue weighted by Gasteiger charge is 1.74. The fraction of sp³-hybridized carbons (Fsp3) is 0.500. The minimum absolute atomic E-state index is 0.485. The number of nitrogens with one attached hydrogen (secondary N) is 1. The first-order chi connectivity index (χ1) is 3.41. The molecule has 38 valence electrons. The van der Waals surface area contributed by atoms with Crippen LogP contribution in [0.25, 0.3) is 0 Å². The summed E-state index contributed by atoms with van der Waals surface area (Å²) in [5.41, 5.74) is 2.54. The van der Waals surface area contributed by atoms with Gasteiger partial charge in [0.15, 0.2) is 0 Å². The highest BCUT2D eigenvalue weighted by Crippen LogP contribution is 1.66. The van der Waals surface area contributed by atoms with Gasteiger partial charge in [-0.2, -0.15) is 10.4 Å². The lowest BCUT2D eigenvalue weighted by molar-refractivity contribution is 0.753. The third-order valence-corrected chi connectivity index (χ3v) is 0.460. The molecule has 0 saturated carbocycles. The number of nitrogens with zero attached hydrogens (tertiary/aromatic N) is 2. The van der Waals surface area contributed by atoms with E-state index in [2.05, 4.69) is 17.2 Å². The van der Waals surface area contributed by atoms with Crippen LogP contribution in [0.1, 0.15) is 6.42 Å². The number of hydrazone groups is 1. The molecule has 0 atom stereocenters. The maximum atomic E-state index is 7.94. The fourth-order valence-corrected chi connectivity index (χ4v) is 0.191. The highest BCUT2D eigenvalue weighted by molar-refractivity contribution is 5.22. The Hall–Kier alpha value is -1.04. The summed E-state index contributed by atoms with van der Waals surface area (Å²) >= 11 is 0. The zero-order valence-corrected chi connectivity index (χ0v) is 4.02. The van der Waals surface area contributed by atoms with Crippen LogP contribution in [0.4, 0.5) is 0 Å². The third-order valence-electron chi connectivity index (χ3n) is 0.460. The molecule has 0 aromatic carbocycles. The smallest absolute Gasteiger partial charge is 0.0640 e. The van der Waals surface area contributed by atoms with Gasteiger partial charge >= 0.3 is 0 Å². The van der Waals surface area contributed by atoms with E-state index in [1.165, 1.54) is 0 Å². The number of hydrogen-bond donors (Lipinski definition) is 1. The zero-order valence-electron chi connectivity index (χ0n) is 4.02. The average Bonchev–Trinajstić information content (AvgIpc) is 1.69. The Morgan fingerprint density at radius 3 is 3.00 bits per heavy atom. The van der Waals surface area contributed by atoms with Gasteiger partial charge in [-0.3, -0.25) is 0 Å². The van der Waals surface area contributed by atoms with Crippen LogP contribution in [0.15, 0.2) is 5.10 Å². The minimum Gasteiger partial charge on any atom is -0.310 e. The SMILES string of the molecule is C=NNCCC#N. The van der Waals surface area contributed by atoms with Crippen molar-refractivity contribution in [3.8, 4) is 6.07 Å². The Balaban J connectivity index is 2.72. The molecule has 0 unspecified atom stereocenters. The highest BCUT2D eigenvalue weighted by atomic mass is 15.3. The van der Waals surface area contributed by atoms with Gasteiger partial charge in [-0.25, -0.2) is 0 Å². The van der Waals surface area contributed by atoms with E-state index in [1.54, 1.807) is 0 Å². The van der Waals surface area contributed by atoms with Crippen molar-refractivity contribution in [3.05, 3.63) is 0 Å². The number of hydrogen-bond acceptors (Lipinski definition) is 3. The van der Waals surface area contributed by atoms with Crippen molar-refractivity contribution in [2.45, 2.75) is 6.42 Å². The van der Waals surface area contributed by atoms with Crippen molar-refractivity contribution in [1.82, 2.24) is 5.43 Å². The van der Waals surface area contributed by atoms with Gasteiger partial charge in [-0.05, 0) is 0 Å². The molecule has 0 fully saturated rings. The molecular formula is C4H7N3. The quantitative estimate of drug-likeness (QED) is 0.308. The molecule has 0 aliphatic carbocycles. The first kappa shape index (κ1) is 5.96. The monoisotopic (exact) mass is 97.1 g/mol. The van der Waals surface area contributed by atoms with Crippen LogP contribution in [0.3, 0.4) is 0 Å². The van der Waals surface area contributed by atoms with Crippen molar-refractivity contribution < 1.29 is 0 Å². The first-order valence-corrected chi connectivity index (χ1v) is 1.97. The maximum Gasteiger partial charge on any atom is 0.0640 e. The van der Waals surface area contributed by atoms with E-state index in [4.69, 9.17) is 5.26 Å². The largest absolute Gasteiger partial charge is 0.310 e. The van der Waals surface area contributed by atoms with Gasteiger partial charge in [0, 0.05) is 13.3 Å². The fourth-order valence-electron chi connectivity index (χ4n) is 0.191. The molecule has 0 bridgehead atoms. The summed E-state index contributed by atoms with van der Waals surface area (Å²) in [7, 11) is 0. The molecule has 0 heterocycles. The Labute approximate surface area is 42.6 Å². The van der Waals surface area contributed by atoms with E-state index in [-0.39, 0.29) is 0 Å². The van der Waals surface area contributed by atoms with Crippen molar-refractivity contribution >= 4 is 6.72 Å². The van der Waals surface area contributed by atoms with Gasteiger partial charge in [0.1, 0.15) is 0 Å². The Morgan fingerprint density at radius 2 is 2.57 bits per heavy atom. The molecule has 0 spiro atoms. The molecule has 1 N–H and O–H groups in total. The Bertz CT molecular complexity index is 81.4. The second-order valence-electron chi connectivity index (χ2n) is 0.974. The molecule has 7 heavy (non-hydrogen) atoms. The number of nitriles is 1. The van der Waals surface area contributed by atoms with Gasteiger partial charge < -0.3 is 5.43 Å². The van der Waals surface area contributed by atoms with Crippen molar-refractivity contribution in [2.24, 2.45) is 5.10 Å². The van der Waals surface area contributed by atoms with Crippen molar-refractivity contribution in [2.75, 3.05) is 6.54 Å². The molecule has 0 aromatic rings. The Morgan fingerprint density at radius 1 is 1.86 bits per heavy atom. The van der Waals surface area contributed by atoms with E-state index in [1.807, 2.05) is 6.07 Å². The molecule has 0 saturated heterocycles. The van der Waals surface area contributed by atoms with Crippen LogP contribution in [0.2, 0.25) is 0 Å². The van der Waals surface area contributed by atoms with E-state index in [0.717, 1.165) is 0 Å². The summed E-state index contributed by atoms with van der Waals surface area (Å²) in [6.45, 7) is 3.76. The predicted octanol–water partition coefficient (Wildman–Crippen LogP) is 0.105. The average molecular weight is 97.1 g/mol. The molecule has 0 rings (SSSR count). The van der Waals surface area contributed by atoms with Gasteiger partial charge in [0.05, 0.1) is 12.5 Å². The van der Waals surface area contributed by atoms with Crippen LogP contribution in [0.5, 0.6) is 0 Å². The molecule has 0 amide bonds. The molecular weight excluding hydrogens is 90.1 g/mol. The van der Waals surface area contributed by atoms with E-state index in [9.17, 15) is 0 Å². The third kappa shape index (κ3) is 4.96.